The normalized spacial score (nSPS) is 11.6. The molecule has 0 saturated carbocycles. The lowest BCUT2D eigenvalue weighted by molar-refractivity contribution is -0.384. The summed E-state index contributed by atoms with van der Waals surface area (Å²) >= 11 is 0. The summed E-state index contributed by atoms with van der Waals surface area (Å²) in [6.45, 7) is 7.80. The van der Waals surface area contributed by atoms with E-state index in [4.69, 9.17) is 0 Å². The Morgan fingerprint density at radius 3 is 2.59 bits per heavy atom. The lowest BCUT2D eigenvalue weighted by Gasteiger charge is -2.26. The van der Waals surface area contributed by atoms with Crippen LogP contribution in [0.5, 0.6) is 0 Å². The first-order valence-electron chi connectivity index (χ1n) is 5.74. The van der Waals surface area contributed by atoms with Crippen molar-refractivity contribution in [1.82, 2.24) is 9.78 Å². The van der Waals surface area contributed by atoms with Gasteiger partial charge in [-0.3, -0.25) is 10.1 Å². The third-order valence-corrected chi connectivity index (χ3v) is 2.70. The van der Waals surface area contributed by atoms with E-state index in [0.717, 1.165) is 12.8 Å². The summed E-state index contributed by atoms with van der Waals surface area (Å²) in [5.74, 6) is 0.478. The van der Waals surface area contributed by atoms with E-state index in [1.54, 1.807) is 14.0 Å². The summed E-state index contributed by atoms with van der Waals surface area (Å²) in [4.78, 5) is 10.6. The Morgan fingerprint density at radius 1 is 1.53 bits per heavy atom. The molecule has 1 heterocycles. The third kappa shape index (κ3) is 2.95. The first-order chi connectivity index (χ1) is 7.78. The van der Waals surface area contributed by atoms with Crippen molar-refractivity contribution in [2.45, 2.75) is 46.1 Å². The Morgan fingerprint density at radius 2 is 2.12 bits per heavy atom. The lowest BCUT2D eigenvalue weighted by atomic mass is 9.99. The second kappa shape index (κ2) is 4.73. The van der Waals surface area contributed by atoms with Crippen LogP contribution in [-0.4, -0.2) is 20.2 Å². The van der Waals surface area contributed by atoms with E-state index in [1.165, 1.54) is 4.68 Å². The summed E-state index contributed by atoms with van der Waals surface area (Å²) in [6.07, 6.45) is 1.96. The number of hydrogen-bond acceptors (Lipinski definition) is 4. The summed E-state index contributed by atoms with van der Waals surface area (Å²) < 4.78 is 1.53. The predicted molar refractivity (Wildman–Crippen MR) is 67.2 cm³/mol. The van der Waals surface area contributed by atoms with Crippen molar-refractivity contribution in [3.63, 3.8) is 0 Å². The molecule has 0 aliphatic heterocycles. The molecule has 17 heavy (non-hydrogen) atoms. The van der Waals surface area contributed by atoms with E-state index in [0.29, 0.717) is 11.5 Å². The molecule has 6 nitrogen and oxygen atoms in total. The van der Waals surface area contributed by atoms with E-state index in [1.807, 2.05) is 13.8 Å². The second-order valence-electron chi connectivity index (χ2n) is 4.92. The fourth-order valence-electron chi connectivity index (χ4n) is 2.01. The monoisotopic (exact) mass is 240 g/mol. The summed E-state index contributed by atoms with van der Waals surface area (Å²) in [7, 11) is 1.71. The van der Waals surface area contributed by atoms with Crippen molar-refractivity contribution in [3.8, 4) is 0 Å². The lowest BCUT2D eigenvalue weighted by Crippen LogP contribution is -2.31. The maximum absolute atomic E-state index is 11.0. The number of nitrogens with one attached hydrogen (secondary N) is 1. The van der Waals surface area contributed by atoms with Crippen LogP contribution in [-0.2, 0) is 7.05 Å². The topological polar surface area (TPSA) is 73.0 Å². The van der Waals surface area contributed by atoms with Gasteiger partial charge in [-0.15, -0.1) is 0 Å². The van der Waals surface area contributed by atoms with Gasteiger partial charge in [-0.05, 0) is 27.2 Å². The molecule has 0 aliphatic carbocycles. The number of nitrogens with zero attached hydrogens (tertiary/aromatic N) is 3. The molecule has 0 spiro atoms. The van der Waals surface area contributed by atoms with E-state index < -0.39 is 0 Å². The molecule has 0 unspecified atom stereocenters. The smallest absolute Gasteiger partial charge is 0.333 e. The minimum atomic E-state index is -0.382. The predicted octanol–water partition coefficient (Wildman–Crippen LogP) is 2.63. The average molecular weight is 240 g/mol. The molecule has 0 aliphatic rings. The van der Waals surface area contributed by atoms with Gasteiger partial charge >= 0.3 is 5.69 Å². The summed E-state index contributed by atoms with van der Waals surface area (Å²) in [5, 5.41) is 18.3. The molecule has 6 heteroatoms. The number of rotatable bonds is 5. The maximum atomic E-state index is 11.0. The van der Waals surface area contributed by atoms with Crippen molar-refractivity contribution < 1.29 is 4.92 Å². The first kappa shape index (κ1) is 13.5. The Hall–Kier alpha value is -1.59. The van der Waals surface area contributed by atoms with Crippen LogP contribution in [0.15, 0.2) is 0 Å². The minimum Gasteiger partial charge on any atom is -0.360 e. The quantitative estimate of drug-likeness (QED) is 0.634. The van der Waals surface area contributed by atoms with Gasteiger partial charge in [0.2, 0.25) is 5.82 Å². The highest BCUT2D eigenvalue weighted by Gasteiger charge is 2.28. The number of nitro groups is 1. The van der Waals surface area contributed by atoms with E-state index in [2.05, 4.69) is 17.3 Å². The molecule has 0 bridgehead atoms. The molecule has 1 N–H and O–H groups in total. The number of aryl methyl sites for hydroxylation is 2. The van der Waals surface area contributed by atoms with E-state index >= 15 is 0 Å². The van der Waals surface area contributed by atoms with Gasteiger partial charge in [0.25, 0.3) is 0 Å². The Balaban J connectivity index is 3.10. The van der Waals surface area contributed by atoms with E-state index in [9.17, 15) is 10.1 Å². The molecule has 1 aromatic heterocycles. The highest BCUT2D eigenvalue weighted by atomic mass is 16.6. The Bertz CT molecular complexity index is 423. The number of hydrogen-bond donors (Lipinski definition) is 1. The van der Waals surface area contributed by atoms with Crippen LogP contribution in [0.2, 0.25) is 0 Å². The Labute approximate surface area is 101 Å². The highest BCUT2D eigenvalue weighted by Crippen LogP contribution is 2.30. The first-order valence-corrected chi connectivity index (χ1v) is 5.74. The van der Waals surface area contributed by atoms with Crippen LogP contribution >= 0.6 is 0 Å². The van der Waals surface area contributed by atoms with Gasteiger partial charge in [-0.1, -0.05) is 13.3 Å². The molecular formula is C11H20N4O2. The molecule has 0 radical (unpaired) electrons. The van der Waals surface area contributed by atoms with Gasteiger partial charge in [0.05, 0.1) is 4.92 Å². The van der Waals surface area contributed by atoms with Gasteiger partial charge in [0, 0.05) is 12.6 Å². The van der Waals surface area contributed by atoms with Gasteiger partial charge in [0.1, 0.15) is 5.69 Å². The molecule has 0 fully saturated rings. The molecular weight excluding hydrogens is 220 g/mol. The van der Waals surface area contributed by atoms with E-state index in [-0.39, 0.29) is 16.1 Å². The van der Waals surface area contributed by atoms with Crippen molar-refractivity contribution in [2.75, 3.05) is 5.32 Å². The molecule has 1 rings (SSSR count). The van der Waals surface area contributed by atoms with Gasteiger partial charge in [-0.25, -0.2) is 4.68 Å². The van der Waals surface area contributed by atoms with Crippen LogP contribution in [0.25, 0.3) is 0 Å². The van der Waals surface area contributed by atoms with Crippen LogP contribution < -0.4 is 5.32 Å². The molecule has 0 amide bonds. The fourth-order valence-corrected chi connectivity index (χ4v) is 2.01. The Kier molecular flexibility index (Phi) is 3.75. The number of anilines is 1. The highest BCUT2D eigenvalue weighted by molar-refractivity contribution is 5.60. The zero-order chi connectivity index (χ0) is 13.2. The molecule has 96 valence electrons. The standard InChI is InChI=1S/C11H20N4O2/c1-6-7-11(3,4)12-10-9(15(16)17)8(2)13-14(10)5/h12H,6-7H2,1-5H3. The van der Waals surface area contributed by atoms with Crippen molar-refractivity contribution in [2.24, 2.45) is 7.05 Å². The summed E-state index contributed by atoms with van der Waals surface area (Å²) in [5.41, 5.74) is 0.323. The average Bonchev–Trinajstić information content (AvgIpc) is 2.40. The minimum absolute atomic E-state index is 0.0664. The summed E-state index contributed by atoms with van der Waals surface area (Å²) in [6, 6.07) is 0. The number of aromatic nitrogens is 2. The van der Waals surface area contributed by atoms with Crippen LogP contribution in [0.4, 0.5) is 11.5 Å². The van der Waals surface area contributed by atoms with Crippen LogP contribution in [0.3, 0.4) is 0 Å². The van der Waals surface area contributed by atoms with Crippen LogP contribution in [0.1, 0.15) is 39.3 Å². The van der Waals surface area contributed by atoms with Crippen LogP contribution in [0, 0.1) is 17.0 Å². The molecule has 0 saturated heterocycles. The second-order valence-corrected chi connectivity index (χ2v) is 4.92. The van der Waals surface area contributed by atoms with Crippen molar-refractivity contribution >= 4 is 11.5 Å². The largest absolute Gasteiger partial charge is 0.360 e. The van der Waals surface area contributed by atoms with Gasteiger partial charge < -0.3 is 5.32 Å². The molecule has 1 aromatic rings. The fraction of sp³-hybridized carbons (Fsp3) is 0.727. The SMILES string of the molecule is CCCC(C)(C)Nc1c([N+](=O)[O-])c(C)nn1C. The zero-order valence-corrected chi connectivity index (χ0v) is 11.1. The molecule has 0 aromatic carbocycles. The zero-order valence-electron chi connectivity index (χ0n) is 11.1. The van der Waals surface area contributed by atoms with Gasteiger partial charge in [-0.2, -0.15) is 5.10 Å². The van der Waals surface area contributed by atoms with Crippen molar-refractivity contribution in [3.05, 3.63) is 15.8 Å². The van der Waals surface area contributed by atoms with Gasteiger partial charge in [0.15, 0.2) is 0 Å². The maximum Gasteiger partial charge on any atom is 0.333 e. The third-order valence-electron chi connectivity index (χ3n) is 2.70. The molecule has 0 atom stereocenters. The van der Waals surface area contributed by atoms with Crippen molar-refractivity contribution in [1.29, 1.82) is 0 Å².